The highest BCUT2D eigenvalue weighted by Gasteiger charge is 2.71. The van der Waals surface area contributed by atoms with Crippen molar-refractivity contribution in [2.45, 2.75) is 17.7 Å². The quantitative estimate of drug-likeness (QED) is 0.327. The van der Waals surface area contributed by atoms with Crippen molar-refractivity contribution in [1.29, 1.82) is 0 Å². The number of nitrogen functional groups attached to an aromatic ring is 2. The van der Waals surface area contributed by atoms with E-state index in [2.05, 4.69) is 0 Å². The zero-order valence-electron chi connectivity index (χ0n) is 12.4. The number of phenolic OH excluding ortho intramolecular Hbond substituents is 2. The maximum Gasteiger partial charge on any atom is 0.410 e. The summed E-state index contributed by atoms with van der Waals surface area (Å²) in [6, 6.07) is 3.48. The fraction of sp³-hybridized carbons (Fsp3) is 0.200. The van der Waals surface area contributed by atoms with Crippen LogP contribution in [0.25, 0.3) is 0 Å². The summed E-state index contributed by atoms with van der Waals surface area (Å²) in [5.74, 6) is -1.24. The van der Waals surface area contributed by atoms with Crippen molar-refractivity contribution in [2.24, 2.45) is 0 Å². The molecule has 136 valence electrons. The van der Waals surface area contributed by atoms with Gasteiger partial charge in [-0.1, -0.05) is 12.1 Å². The summed E-state index contributed by atoms with van der Waals surface area (Å²) >= 11 is 0. The first-order valence-corrected chi connectivity index (χ1v) is 6.67. The molecule has 5 nitrogen and oxygen atoms in total. The first-order valence-electron chi connectivity index (χ1n) is 6.67. The molecule has 2 aromatic rings. The van der Waals surface area contributed by atoms with Crippen molar-refractivity contribution in [1.82, 2.24) is 0 Å². The lowest BCUT2D eigenvalue weighted by Gasteiger charge is -2.39. The Bertz CT molecular complexity index is 735. The summed E-state index contributed by atoms with van der Waals surface area (Å²) in [5, 5.41) is 27.9. The number of hydrogen-bond donors (Lipinski definition) is 5. The van der Waals surface area contributed by atoms with Crippen LogP contribution in [0.15, 0.2) is 36.4 Å². The summed E-state index contributed by atoms with van der Waals surface area (Å²) in [4.78, 5) is 0. The van der Waals surface area contributed by atoms with Gasteiger partial charge in [0.1, 0.15) is 11.5 Å². The number of alkyl halides is 5. The van der Waals surface area contributed by atoms with Gasteiger partial charge in [0.2, 0.25) is 5.41 Å². The van der Waals surface area contributed by atoms with E-state index in [4.69, 9.17) is 11.5 Å². The average molecular weight is 364 g/mol. The van der Waals surface area contributed by atoms with Gasteiger partial charge < -0.3 is 26.8 Å². The number of rotatable bonds is 3. The summed E-state index contributed by atoms with van der Waals surface area (Å²) in [7, 11) is 0. The van der Waals surface area contributed by atoms with Gasteiger partial charge in [0, 0.05) is 0 Å². The highest BCUT2D eigenvalue weighted by atomic mass is 19.4. The number of hydrogen-bond acceptors (Lipinski definition) is 5. The molecule has 25 heavy (non-hydrogen) atoms. The van der Waals surface area contributed by atoms with Gasteiger partial charge in [0.15, 0.2) is 0 Å². The van der Waals surface area contributed by atoms with Crippen LogP contribution in [-0.4, -0.2) is 27.6 Å². The van der Waals surface area contributed by atoms with E-state index in [1.807, 2.05) is 0 Å². The van der Waals surface area contributed by atoms with E-state index >= 15 is 0 Å². The van der Waals surface area contributed by atoms with Crippen molar-refractivity contribution in [3.05, 3.63) is 47.5 Å². The lowest BCUT2D eigenvalue weighted by Crippen LogP contribution is -2.56. The molecular formula is C15H13F5N2O3. The maximum absolute atomic E-state index is 14.0. The minimum Gasteiger partial charge on any atom is -0.506 e. The molecule has 0 unspecified atom stereocenters. The molecule has 0 aliphatic rings. The van der Waals surface area contributed by atoms with Crippen molar-refractivity contribution in [3.63, 3.8) is 0 Å². The Hall–Kier alpha value is -2.75. The minimum atomic E-state index is -5.70. The molecule has 10 heteroatoms. The first kappa shape index (κ1) is 18.6. The lowest BCUT2D eigenvalue weighted by atomic mass is 9.72. The molecule has 2 rings (SSSR count). The second-order valence-corrected chi connectivity index (χ2v) is 5.34. The Morgan fingerprint density at radius 1 is 0.720 bits per heavy atom. The SMILES string of the molecule is Nc1cc(C(c2ccc(O)c(N)c2)(C(O)(F)F)C(F)(F)F)ccc1O. The monoisotopic (exact) mass is 364 g/mol. The Morgan fingerprint density at radius 3 is 1.32 bits per heavy atom. The Morgan fingerprint density at radius 2 is 1.08 bits per heavy atom. The van der Waals surface area contributed by atoms with Crippen LogP contribution in [0.4, 0.5) is 33.3 Å². The molecule has 0 spiro atoms. The second kappa shape index (κ2) is 5.66. The molecular weight excluding hydrogens is 351 g/mol. The predicted octanol–water partition coefficient (Wildman–Crippen LogP) is 2.70. The number of aliphatic hydroxyl groups is 1. The fourth-order valence-corrected chi connectivity index (χ4v) is 2.59. The predicted molar refractivity (Wildman–Crippen MR) is 79.0 cm³/mol. The van der Waals surface area contributed by atoms with Crippen molar-refractivity contribution in [2.75, 3.05) is 11.5 Å². The normalized spacial score (nSPS) is 13.0. The van der Waals surface area contributed by atoms with Gasteiger partial charge in [-0.15, -0.1) is 0 Å². The van der Waals surface area contributed by atoms with Crippen molar-refractivity contribution < 1.29 is 37.3 Å². The maximum atomic E-state index is 14.0. The molecule has 0 fully saturated rings. The van der Waals surface area contributed by atoms with E-state index in [1.165, 1.54) is 0 Å². The molecule has 0 aromatic heterocycles. The van der Waals surface area contributed by atoms with Gasteiger partial charge >= 0.3 is 12.3 Å². The van der Waals surface area contributed by atoms with Crippen molar-refractivity contribution >= 4 is 11.4 Å². The molecule has 0 aliphatic heterocycles. The fourth-order valence-electron chi connectivity index (χ4n) is 2.59. The molecule has 0 saturated carbocycles. The van der Waals surface area contributed by atoms with Crippen LogP contribution in [0.1, 0.15) is 11.1 Å². The Labute approximate surface area is 137 Å². The molecule has 0 radical (unpaired) electrons. The van der Waals surface area contributed by atoms with Crippen LogP contribution in [-0.2, 0) is 5.41 Å². The number of benzene rings is 2. The Balaban J connectivity index is 2.96. The summed E-state index contributed by atoms with van der Waals surface area (Å²) in [6.07, 6.45) is -11.0. The van der Waals surface area contributed by atoms with Crippen LogP contribution in [0.5, 0.6) is 11.5 Å². The lowest BCUT2D eigenvalue weighted by molar-refractivity contribution is -0.320. The third-order valence-electron chi connectivity index (χ3n) is 3.80. The largest absolute Gasteiger partial charge is 0.506 e. The zero-order valence-corrected chi connectivity index (χ0v) is 12.4. The molecule has 0 atom stereocenters. The smallest absolute Gasteiger partial charge is 0.410 e. The third-order valence-corrected chi connectivity index (χ3v) is 3.80. The number of anilines is 2. The first-order chi connectivity index (χ1) is 11.3. The molecule has 0 heterocycles. The molecule has 7 N–H and O–H groups in total. The molecule has 2 aromatic carbocycles. The number of aromatic hydroxyl groups is 2. The van der Waals surface area contributed by atoms with Gasteiger partial charge in [-0.3, -0.25) is 0 Å². The van der Waals surface area contributed by atoms with Crippen LogP contribution in [0.2, 0.25) is 0 Å². The summed E-state index contributed by atoms with van der Waals surface area (Å²) in [5.41, 5.74) is 3.00. The van der Waals surface area contributed by atoms with Gasteiger partial charge in [-0.05, 0) is 35.4 Å². The third kappa shape index (κ3) is 2.78. The van der Waals surface area contributed by atoms with E-state index in [9.17, 15) is 37.3 Å². The number of phenols is 2. The molecule has 0 amide bonds. The highest BCUT2D eigenvalue weighted by molar-refractivity contribution is 5.61. The van der Waals surface area contributed by atoms with E-state index in [-0.39, 0.29) is 0 Å². The van der Waals surface area contributed by atoms with E-state index in [0.29, 0.717) is 36.4 Å². The van der Waals surface area contributed by atoms with Crippen LogP contribution in [0, 0.1) is 0 Å². The topological polar surface area (TPSA) is 113 Å². The minimum absolute atomic E-state index is 0.482. The van der Waals surface area contributed by atoms with Crippen LogP contribution in [0.3, 0.4) is 0 Å². The highest BCUT2D eigenvalue weighted by Crippen LogP contribution is 2.55. The van der Waals surface area contributed by atoms with E-state index < -0.39 is 51.7 Å². The van der Waals surface area contributed by atoms with E-state index in [1.54, 1.807) is 0 Å². The average Bonchev–Trinajstić information content (AvgIpc) is 2.44. The summed E-state index contributed by atoms with van der Waals surface area (Å²) in [6.45, 7) is 0. The molecule has 0 aliphatic carbocycles. The van der Waals surface area contributed by atoms with E-state index in [0.717, 1.165) is 0 Å². The number of nitrogens with two attached hydrogens (primary N) is 2. The summed E-state index contributed by atoms with van der Waals surface area (Å²) < 4.78 is 69.6. The Kier molecular flexibility index (Phi) is 4.21. The van der Waals surface area contributed by atoms with Gasteiger partial charge in [0.05, 0.1) is 11.4 Å². The van der Waals surface area contributed by atoms with Gasteiger partial charge in [-0.2, -0.15) is 22.0 Å². The van der Waals surface area contributed by atoms with Crippen LogP contribution < -0.4 is 11.5 Å². The van der Waals surface area contributed by atoms with Gasteiger partial charge in [-0.25, -0.2) is 0 Å². The van der Waals surface area contributed by atoms with Crippen molar-refractivity contribution in [3.8, 4) is 11.5 Å². The zero-order chi connectivity index (χ0) is 19.2. The molecule has 0 bridgehead atoms. The number of halogens is 5. The van der Waals surface area contributed by atoms with Crippen LogP contribution >= 0.6 is 0 Å². The van der Waals surface area contributed by atoms with Gasteiger partial charge in [0.25, 0.3) is 0 Å². The second-order valence-electron chi connectivity index (χ2n) is 5.34. The standard InChI is InChI=1S/C15H13F5N2O3/c16-14(17,18)13(15(19,20)25,7-1-3-11(23)9(21)5-7)8-2-4-12(24)10(22)6-8/h1-6,23-25H,21-22H2. The molecule has 0 saturated heterocycles.